The second-order valence-electron chi connectivity index (χ2n) is 7.15. The molecule has 1 saturated heterocycles. The number of benzene rings is 2. The Hall–Kier alpha value is -2.43. The summed E-state index contributed by atoms with van der Waals surface area (Å²) in [5.41, 5.74) is 2.09. The van der Waals surface area contributed by atoms with E-state index in [2.05, 4.69) is 0 Å². The summed E-state index contributed by atoms with van der Waals surface area (Å²) in [7, 11) is 0. The highest BCUT2D eigenvalue weighted by molar-refractivity contribution is 5.70. The van der Waals surface area contributed by atoms with Gasteiger partial charge in [-0.3, -0.25) is 4.79 Å². The van der Waals surface area contributed by atoms with Crippen LogP contribution in [0.25, 0.3) is 6.08 Å². The summed E-state index contributed by atoms with van der Waals surface area (Å²) in [6.45, 7) is 4.03. The number of carbonyl (C=O) groups excluding carboxylic acids is 1. The number of hydrogen-bond acceptors (Lipinski definition) is 4. The molecule has 0 saturated carbocycles. The monoisotopic (exact) mass is 366 g/mol. The number of esters is 1. The lowest BCUT2D eigenvalue weighted by Gasteiger charge is -2.39. The highest BCUT2D eigenvalue weighted by Gasteiger charge is 2.35. The van der Waals surface area contributed by atoms with Crippen LogP contribution in [-0.2, 0) is 25.6 Å². The predicted octanol–water partition coefficient (Wildman–Crippen LogP) is 4.74. The second-order valence-corrected chi connectivity index (χ2v) is 7.15. The molecule has 1 fully saturated rings. The molecule has 0 bridgehead atoms. The molecule has 2 atom stereocenters. The van der Waals surface area contributed by atoms with Gasteiger partial charge in [0.05, 0.1) is 18.6 Å². The van der Waals surface area contributed by atoms with Crippen LogP contribution in [-0.4, -0.2) is 24.0 Å². The van der Waals surface area contributed by atoms with Crippen LogP contribution in [0.2, 0.25) is 0 Å². The Kier molecular flexibility index (Phi) is 6.43. The van der Waals surface area contributed by atoms with Gasteiger partial charge in [-0.05, 0) is 25.0 Å². The maximum Gasteiger partial charge on any atom is 0.308 e. The van der Waals surface area contributed by atoms with Crippen molar-refractivity contribution >= 4 is 12.0 Å². The normalized spacial score (nSPS) is 21.9. The number of carbonyl (C=O) groups is 1. The molecular formula is C23H26O4. The lowest BCUT2D eigenvalue weighted by Crippen LogP contribution is -2.44. The number of hydrogen-bond donors (Lipinski definition) is 0. The van der Waals surface area contributed by atoms with Gasteiger partial charge in [0.15, 0.2) is 5.79 Å². The van der Waals surface area contributed by atoms with E-state index in [4.69, 9.17) is 14.2 Å². The van der Waals surface area contributed by atoms with E-state index in [0.29, 0.717) is 6.42 Å². The molecule has 1 aliphatic heterocycles. The molecule has 2 aromatic carbocycles. The Labute approximate surface area is 160 Å². The predicted molar refractivity (Wildman–Crippen MR) is 105 cm³/mol. The molecule has 0 amide bonds. The lowest BCUT2D eigenvalue weighted by atomic mass is 10.0. The van der Waals surface area contributed by atoms with Crippen molar-refractivity contribution in [3.63, 3.8) is 0 Å². The molecule has 0 aliphatic carbocycles. The Morgan fingerprint density at radius 2 is 1.74 bits per heavy atom. The zero-order valence-corrected chi connectivity index (χ0v) is 15.8. The largest absolute Gasteiger partial charge is 0.461 e. The summed E-state index contributed by atoms with van der Waals surface area (Å²) in [4.78, 5) is 12.2. The molecule has 0 radical (unpaired) electrons. The fraction of sp³-hybridized carbons (Fsp3) is 0.348. The number of ether oxygens (including phenoxy) is 3. The Bertz CT molecular complexity index is 752. The quantitative estimate of drug-likeness (QED) is 0.693. The van der Waals surface area contributed by atoms with Crippen LogP contribution < -0.4 is 0 Å². The van der Waals surface area contributed by atoms with E-state index in [-0.39, 0.29) is 31.2 Å². The van der Waals surface area contributed by atoms with Crippen LogP contribution in [0.4, 0.5) is 0 Å². The molecule has 1 heterocycles. The first-order valence-corrected chi connectivity index (χ1v) is 9.29. The molecule has 3 rings (SSSR count). The van der Waals surface area contributed by atoms with Crippen LogP contribution in [0.3, 0.4) is 0 Å². The average molecular weight is 366 g/mol. The van der Waals surface area contributed by atoms with Crippen molar-refractivity contribution in [2.75, 3.05) is 0 Å². The SMILES string of the molecule is CC1(C)OC(/C=C/c2ccccc2)CC(CC(=O)OCc2ccccc2)O1. The van der Waals surface area contributed by atoms with Crippen molar-refractivity contribution in [3.05, 3.63) is 77.9 Å². The lowest BCUT2D eigenvalue weighted by molar-refractivity contribution is -0.290. The van der Waals surface area contributed by atoms with Gasteiger partial charge in [-0.1, -0.05) is 72.8 Å². The van der Waals surface area contributed by atoms with Crippen LogP contribution in [0.5, 0.6) is 0 Å². The van der Waals surface area contributed by atoms with Crippen LogP contribution in [0.1, 0.15) is 37.8 Å². The van der Waals surface area contributed by atoms with E-state index in [9.17, 15) is 4.79 Å². The topological polar surface area (TPSA) is 44.8 Å². The van der Waals surface area contributed by atoms with E-state index < -0.39 is 5.79 Å². The second kappa shape index (κ2) is 8.98. The first-order valence-electron chi connectivity index (χ1n) is 9.29. The van der Waals surface area contributed by atoms with Crippen molar-refractivity contribution in [2.45, 2.75) is 51.3 Å². The van der Waals surface area contributed by atoms with E-state index in [1.807, 2.05) is 86.7 Å². The first-order chi connectivity index (χ1) is 13.0. The van der Waals surface area contributed by atoms with Crippen molar-refractivity contribution in [1.82, 2.24) is 0 Å². The standard InChI is InChI=1S/C23H26O4/c1-23(2)26-20(14-13-18-9-5-3-6-10-18)15-21(27-23)16-22(24)25-17-19-11-7-4-8-12-19/h3-14,20-21H,15-17H2,1-2H3/b14-13+. The maximum absolute atomic E-state index is 12.2. The minimum absolute atomic E-state index is 0.110. The van der Waals surface area contributed by atoms with Gasteiger partial charge in [0, 0.05) is 6.42 Å². The smallest absolute Gasteiger partial charge is 0.308 e. The van der Waals surface area contributed by atoms with E-state index in [1.165, 1.54) is 0 Å². The molecule has 4 nitrogen and oxygen atoms in total. The summed E-state index contributed by atoms with van der Waals surface area (Å²) in [6, 6.07) is 19.7. The van der Waals surface area contributed by atoms with Gasteiger partial charge in [0.2, 0.25) is 0 Å². The first kappa shape index (κ1) is 19.3. The molecule has 0 aromatic heterocycles. The zero-order valence-electron chi connectivity index (χ0n) is 15.8. The molecule has 1 aliphatic rings. The van der Waals surface area contributed by atoms with Gasteiger partial charge >= 0.3 is 5.97 Å². The third kappa shape index (κ3) is 6.35. The van der Waals surface area contributed by atoms with Crippen LogP contribution >= 0.6 is 0 Å². The summed E-state index contributed by atoms with van der Waals surface area (Å²) >= 11 is 0. The van der Waals surface area contributed by atoms with Crippen LogP contribution in [0, 0.1) is 0 Å². The molecular weight excluding hydrogens is 340 g/mol. The fourth-order valence-electron chi connectivity index (χ4n) is 3.16. The zero-order chi connectivity index (χ0) is 19.1. The van der Waals surface area contributed by atoms with Crippen molar-refractivity contribution in [1.29, 1.82) is 0 Å². The Balaban J connectivity index is 1.54. The summed E-state index contributed by atoms with van der Waals surface area (Å²) in [6.07, 6.45) is 4.56. The minimum Gasteiger partial charge on any atom is -0.461 e. The Morgan fingerprint density at radius 1 is 1.07 bits per heavy atom. The van der Waals surface area contributed by atoms with Crippen LogP contribution in [0.15, 0.2) is 66.7 Å². The van der Waals surface area contributed by atoms with Gasteiger partial charge in [-0.25, -0.2) is 0 Å². The molecule has 0 spiro atoms. The van der Waals surface area contributed by atoms with E-state index in [0.717, 1.165) is 11.1 Å². The van der Waals surface area contributed by atoms with Gasteiger partial charge in [0.1, 0.15) is 6.61 Å². The molecule has 2 aromatic rings. The highest BCUT2D eigenvalue weighted by Crippen LogP contribution is 2.29. The average Bonchev–Trinajstić information content (AvgIpc) is 2.65. The Morgan fingerprint density at radius 3 is 2.44 bits per heavy atom. The maximum atomic E-state index is 12.2. The van der Waals surface area contributed by atoms with Gasteiger partial charge in [-0.2, -0.15) is 0 Å². The summed E-state index contributed by atoms with van der Waals surface area (Å²) < 4.78 is 17.3. The van der Waals surface area contributed by atoms with E-state index in [1.54, 1.807) is 0 Å². The van der Waals surface area contributed by atoms with Gasteiger partial charge < -0.3 is 14.2 Å². The van der Waals surface area contributed by atoms with Gasteiger partial charge in [0.25, 0.3) is 0 Å². The highest BCUT2D eigenvalue weighted by atomic mass is 16.7. The van der Waals surface area contributed by atoms with Crippen molar-refractivity contribution in [2.24, 2.45) is 0 Å². The van der Waals surface area contributed by atoms with Gasteiger partial charge in [-0.15, -0.1) is 0 Å². The molecule has 4 heteroatoms. The molecule has 27 heavy (non-hydrogen) atoms. The third-order valence-electron chi connectivity index (χ3n) is 4.32. The summed E-state index contributed by atoms with van der Waals surface area (Å²) in [5, 5.41) is 0. The molecule has 142 valence electrons. The number of rotatable bonds is 6. The molecule has 0 N–H and O–H groups in total. The fourth-order valence-corrected chi connectivity index (χ4v) is 3.16. The minimum atomic E-state index is -0.742. The molecule has 2 unspecified atom stereocenters. The van der Waals surface area contributed by atoms with Crippen molar-refractivity contribution < 1.29 is 19.0 Å². The van der Waals surface area contributed by atoms with E-state index >= 15 is 0 Å². The van der Waals surface area contributed by atoms with Crippen molar-refractivity contribution in [3.8, 4) is 0 Å². The third-order valence-corrected chi connectivity index (χ3v) is 4.32. The summed E-state index contributed by atoms with van der Waals surface area (Å²) in [5.74, 6) is -0.999.